The van der Waals surface area contributed by atoms with E-state index in [9.17, 15) is 9.59 Å². The second-order valence-electron chi connectivity index (χ2n) is 9.47. The van der Waals surface area contributed by atoms with Crippen molar-refractivity contribution in [2.75, 3.05) is 54.1 Å². The first kappa shape index (κ1) is 29.8. The van der Waals surface area contributed by atoms with E-state index in [1.807, 2.05) is 42.5 Å². The Morgan fingerprint density at radius 2 is 1.44 bits per heavy atom. The zero-order valence-electron chi connectivity index (χ0n) is 23.8. The summed E-state index contributed by atoms with van der Waals surface area (Å²) in [6.45, 7) is 4.29. The topological polar surface area (TPSA) is 77.5 Å². The minimum absolute atomic E-state index is 0.133. The third-order valence-corrected chi connectivity index (χ3v) is 7.07. The van der Waals surface area contributed by atoms with Gasteiger partial charge in [-0.1, -0.05) is 42.8 Å². The number of ether oxygens (including phenoxy) is 4. The molecule has 0 unspecified atom stereocenters. The van der Waals surface area contributed by atoms with Crippen LogP contribution in [0.1, 0.15) is 34.8 Å². The number of methoxy groups -OCH3 is 3. The van der Waals surface area contributed by atoms with E-state index in [1.165, 1.54) is 21.3 Å². The summed E-state index contributed by atoms with van der Waals surface area (Å²) >= 11 is 6.29. The molecular weight excluding hydrogens is 544 g/mol. The fraction of sp³-hybridized carbons (Fsp3) is 0.312. The SMILES string of the molecule is CCCOc1ccc(C(=CC(=O)N2CCN(C(=O)c3cc(OC)c(OC)c(OC)c3)CC2)c2cccc(Cl)c2)cc1. The highest BCUT2D eigenvalue weighted by Gasteiger charge is 2.26. The Bertz CT molecular complexity index is 1370. The molecule has 1 fully saturated rings. The Labute approximate surface area is 246 Å². The highest BCUT2D eigenvalue weighted by molar-refractivity contribution is 6.30. The summed E-state index contributed by atoms with van der Waals surface area (Å²) in [5.41, 5.74) is 2.90. The fourth-order valence-corrected chi connectivity index (χ4v) is 4.86. The quantitative estimate of drug-likeness (QED) is 0.293. The molecule has 0 aromatic heterocycles. The van der Waals surface area contributed by atoms with Crippen molar-refractivity contribution in [3.63, 3.8) is 0 Å². The van der Waals surface area contributed by atoms with Gasteiger partial charge in [-0.05, 0) is 59.5 Å². The maximum Gasteiger partial charge on any atom is 0.254 e. The van der Waals surface area contributed by atoms with Crippen LogP contribution in [0.4, 0.5) is 0 Å². The first-order chi connectivity index (χ1) is 19.9. The summed E-state index contributed by atoms with van der Waals surface area (Å²) in [4.78, 5) is 30.3. The largest absolute Gasteiger partial charge is 0.494 e. The van der Waals surface area contributed by atoms with E-state index in [1.54, 1.807) is 34.1 Å². The molecule has 0 aliphatic carbocycles. The van der Waals surface area contributed by atoms with Gasteiger partial charge in [-0.25, -0.2) is 0 Å². The molecule has 41 heavy (non-hydrogen) atoms. The van der Waals surface area contributed by atoms with E-state index in [-0.39, 0.29) is 11.8 Å². The first-order valence-electron chi connectivity index (χ1n) is 13.5. The third-order valence-electron chi connectivity index (χ3n) is 6.83. The number of rotatable bonds is 10. The van der Waals surface area contributed by atoms with Gasteiger partial charge in [0.15, 0.2) is 11.5 Å². The molecule has 0 atom stereocenters. The summed E-state index contributed by atoms with van der Waals surface area (Å²) in [6.07, 6.45) is 2.56. The predicted octanol–water partition coefficient (Wildman–Crippen LogP) is 5.57. The van der Waals surface area contributed by atoms with Crippen molar-refractivity contribution >= 4 is 29.0 Å². The standard InChI is InChI=1S/C32H35ClN2O6/c1-5-17-41-26-11-9-22(10-12-26)27(23-7-6-8-25(33)18-23)21-30(36)34-13-15-35(16-14-34)32(37)24-19-28(38-2)31(40-4)29(20-24)39-3/h6-12,18-21H,5,13-17H2,1-4H3. The van der Waals surface area contributed by atoms with E-state index >= 15 is 0 Å². The molecule has 9 heteroatoms. The molecule has 4 rings (SSSR count). The van der Waals surface area contributed by atoms with Gasteiger partial charge >= 0.3 is 0 Å². The maximum absolute atomic E-state index is 13.5. The number of carbonyl (C=O) groups is 2. The molecule has 1 heterocycles. The lowest BCUT2D eigenvalue weighted by molar-refractivity contribution is -0.127. The van der Waals surface area contributed by atoms with Gasteiger partial charge in [0.05, 0.1) is 27.9 Å². The fourth-order valence-electron chi connectivity index (χ4n) is 4.67. The van der Waals surface area contributed by atoms with Crippen LogP contribution in [0.5, 0.6) is 23.0 Å². The summed E-state index contributed by atoms with van der Waals surface area (Å²) in [5, 5.41) is 0.586. The molecule has 1 aliphatic heterocycles. The number of hydrogen-bond donors (Lipinski definition) is 0. The molecule has 216 valence electrons. The second kappa shape index (κ2) is 13.9. The molecule has 0 radical (unpaired) electrons. The van der Waals surface area contributed by atoms with E-state index in [0.29, 0.717) is 60.6 Å². The lowest BCUT2D eigenvalue weighted by Crippen LogP contribution is -2.50. The molecule has 0 saturated carbocycles. The maximum atomic E-state index is 13.5. The van der Waals surface area contributed by atoms with Crippen molar-refractivity contribution in [1.82, 2.24) is 9.80 Å². The zero-order chi connectivity index (χ0) is 29.4. The lowest BCUT2D eigenvalue weighted by Gasteiger charge is -2.34. The van der Waals surface area contributed by atoms with Gasteiger partial charge in [0, 0.05) is 42.8 Å². The lowest BCUT2D eigenvalue weighted by atomic mass is 9.97. The molecule has 3 aromatic rings. The average molecular weight is 579 g/mol. The molecule has 0 N–H and O–H groups in total. The van der Waals surface area contributed by atoms with Gasteiger partial charge in [0.25, 0.3) is 5.91 Å². The Morgan fingerprint density at radius 1 is 0.805 bits per heavy atom. The average Bonchev–Trinajstić information content (AvgIpc) is 3.01. The van der Waals surface area contributed by atoms with Gasteiger partial charge < -0.3 is 28.7 Å². The normalized spacial score (nSPS) is 13.5. The van der Waals surface area contributed by atoms with Crippen molar-refractivity contribution in [2.45, 2.75) is 13.3 Å². The van der Waals surface area contributed by atoms with Crippen LogP contribution >= 0.6 is 11.6 Å². The van der Waals surface area contributed by atoms with Crippen molar-refractivity contribution in [3.05, 3.63) is 88.5 Å². The van der Waals surface area contributed by atoms with Crippen LogP contribution in [0.3, 0.4) is 0 Å². The molecule has 3 aromatic carbocycles. The summed E-state index contributed by atoms with van der Waals surface area (Å²) < 4.78 is 21.9. The Kier molecular flexibility index (Phi) is 10.1. The second-order valence-corrected chi connectivity index (χ2v) is 9.91. The van der Waals surface area contributed by atoms with E-state index in [0.717, 1.165) is 28.9 Å². The third kappa shape index (κ3) is 7.13. The molecule has 1 saturated heterocycles. The van der Waals surface area contributed by atoms with Crippen LogP contribution in [0.2, 0.25) is 5.02 Å². The number of piperazine rings is 1. The predicted molar refractivity (Wildman–Crippen MR) is 159 cm³/mol. The van der Waals surface area contributed by atoms with Crippen LogP contribution in [0, 0.1) is 0 Å². The first-order valence-corrected chi connectivity index (χ1v) is 13.8. The van der Waals surface area contributed by atoms with Crippen LogP contribution < -0.4 is 18.9 Å². The monoisotopic (exact) mass is 578 g/mol. The minimum atomic E-state index is -0.170. The Balaban J connectivity index is 1.51. The molecule has 0 spiro atoms. The van der Waals surface area contributed by atoms with Gasteiger partial charge in [0.2, 0.25) is 11.7 Å². The number of carbonyl (C=O) groups excluding carboxylic acids is 2. The zero-order valence-corrected chi connectivity index (χ0v) is 24.6. The highest BCUT2D eigenvalue weighted by Crippen LogP contribution is 2.38. The Hall–Kier alpha value is -4.17. The summed E-state index contributed by atoms with van der Waals surface area (Å²) in [6, 6.07) is 18.4. The number of halogens is 1. The molecule has 2 amide bonds. The van der Waals surface area contributed by atoms with E-state index in [2.05, 4.69) is 6.92 Å². The van der Waals surface area contributed by atoms with Gasteiger partial charge in [-0.2, -0.15) is 0 Å². The number of amides is 2. The van der Waals surface area contributed by atoms with Crippen LogP contribution in [-0.4, -0.2) is 75.7 Å². The van der Waals surface area contributed by atoms with Gasteiger partial charge in [-0.3, -0.25) is 9.59 Å². The van der Waals surface area contributed by atoms with Crippen molar-refractivity contribution in [1.29, 1.82) is 0 Å². The van der Waals surface area contributed by atoms with Crippen molar-refractivity contribution < 1.29 is 28.5 Å². The molecule has 1 aliphatic rings. The number of hydrogen-bond acceptors (Lipinski definition) is 6. The van der Waals surface area contributed by atoms with E-state index in [4.69, 9.17) is 30.5 Å². The van der Waals surface area contributed by atoms with Crippen LogP contribution in [0.15, 0.2) is 66.7 Å². The summed E-state index contributed by atoms with van der Waals surface area (Å²) in [7, 11) is 4.53. The highest BCUT2D eigenvalue weighted by atomic mass is 35.5. The summed E-state index contributed by atoms with van der Waals surface area (Å²) in [5.74, 6) is 1.72. The Morgan fingerprint density at radius 3 is 2.00 bits per heavy atom. The molecule has 0 bridgehead atoms. The van der Waals surface area contributed by atoms with Crippen LogP contribution in [0.25, 0.3) is 5.57 Å². The van der Waals surface area contributed by atoms with Crippen molar-refractivity contribution in [2.24, 2.45) is 0 Å². The van der Waals surface area contributed by atoms with E-state index < -0.39 is 0 Å². The van der Waals surface area contributed by atoms with Gasteiger partial charge in [0.1, 0.15) is 5.75 Å². The number of benzene rings is 3. The van der Waals surface area contributed by atoms with Crippen LogP contribution in [-0.2, 0) is 4.79 Å². The minimum Gasteiger partial charge on any atom is -0.494 e. The smallest absolute Gasteiger partial charge is 0.254 e. The molecule has 8 nitrogen and oxygen atoms in total. The van der Waals surface area contributed by atoms with Gasteiger partial charge in [-0.15, -0.1) is 0 Å². The molecular formula is C32H35ClN2O6. The van der Waals surface area contributed by atoms with Crippen molar-refractivity contribution in [3.8, 4) is 23.0 Å². The number of nitrogens with zero attached hydrogens (tertiary/aromatic N) is 2.